The maximum atomic E-state index is 11.8. The largest absolute Gasteiger partial charge is 0.337 e. The highest BCUT2D eigenvalue weighted by molar-refractivity contribution is 5.85. The summed E-state index contributed by atoms with van der Waals surface area (Å²) in [5.74, 6) is 0.768. The summed E-state index contributed by atoms with van der Waals surface area (Å²) in [7, 11) is 1.74. The number of aromatic nitrogens is 2. The van der Waals surface area contributed by atoms with Gasteiger partial charge >= 0.3 is 0 Å². The number of benzene rings is 1. The van der Waals surface area contributed by atoms with Crippen molar-refractivity contribution >= 4 is 30.7 Å². The fourth-order valence-electron chi connectivity index (χ4n) is 2.05. The predicted octanol–water partition coefficient (Wildman–Crippen LogP) is 2.08. The molecule has 0 bridgehead atoms. The Hall–Kier alpha value is -1.56. The molecule has 0 aliphatic carbocycles. The fraction of sp³-hybridized carbons (Fsp3) is 0.333. The van der Waals surface area contributed by atoms with Crippen LogP contribution in [-0.2, 0) is 17.9 Å². The zero-order valence-corrected chi connectivity index (χ0v) is 14.3. The number of nitrogens with zero attached hydrogens (tertiary/aromatic N) is 3. The second-order valence-corrected chi connectivity index (χ2v) is 4.94. The van der Waals surface area contributed by atoms with Crippen LogP contribution in [0.2, 0.25) is 0 Å². The summed E-state index contributed by atoms with van der Waals surface area (Å²) in [5, 5.41) is 0. The molecule has 1 atom stereocenters. The number of hydrogen-bond donors (Lipinski definition) is 1. The highest BCUT2D eigenvalue weighted by Gasteiger charge is 2.15. The third-order valence-corrected chi connectivity index (χ3v) is 3.14. The Morgan fingerprint density at radius 1 is 1.32 bits per heavy atom. The Morgan fingerprint density at radius 3 is 2.55 bits per heavy atom. The van der Waals surface area contributed by atoms with E-state index in [1.165, 1.54) is 5.56 Å². The maximum Gasteiger partial charge on any atom is 0.239 e. The van der Waals surface area contributed by atoms with Crippen LogP contribution in [0.15, 0.2) is 42.7 Å². The molecule has 0 spiro atoms. The topological polar surface area (TPSA) is 64.2 Å². The molecular formula is C15H22Cl2N4O. The number of carbonyl (C=O) groups excluding carboxylic acids is 1. The Balaban J connectivity index is 0.00000220. The van der Waals surface area contributed by atoms with E-state index in [-0.39, 0.29) is 30.7 Å². The van der Waals surface area contributed by atoms with Crippen molar-refractivity contribution in [2.24, 2.45) is 5.73 Å². The molecule has 0 fully saturated rings. The van der Waals surface area contributed by atoms with E-state index in [4.69, 9.17) is 5.73 Å². The zero-order valence-electron chi connectivity index (χ0n) is 12.7. The number of nitrogens with two attached hydrogens (primary N) is 1. The van der Waals surface area contributed by atoms with E-state index in [0.29, 0.717) is 6.54 Å². The normalized spacial score (nSPS) is 11.0. The number of imidazole rings is 1. The quantitative estimate of drug-likeness (QED) is 0.902. The predicted molar refractivity (Wildman–Crippen MR) is 92.4 cm³/mol. The first-order valence-corrected chi connectivity index (χ1v) is 6.62. The summed E-state index contributed by atoms with van der Waals surface area (Å²) >= 11 is 0. The zero-order chi connectivity index (χ0) is 14.5. The van der Waals surface area contributed by atoms with E-state index in [1.807, 2.05) is 29.0 Å². The molecule has 22 heavy (non-hydrogen) atoms. The van der Waals surface area contributed by atoms with Gasteiger partial charge in [0.2, 0.25) is 5.91 Å². The van der Waals surface area contributed by atoms with Gasteiger partial charge in [-0.15, -0.1) is 24.8 Å². The van der Waals surface area contributed by atoms with Crippen molar-refractivity contribution in [1.29, 1.82) is 0 Å². The van der Waals surface area contributed by atoms with Gasteiger partial charge in [0.05, 0.1) is 12.6 Å². The lowest BCUT2D eigenvalue weighted by atomic mass is 10.2. The first-order valence-electron chi connectivity index (χ1n) is 6.62. The number of hydrogen-bond acceptors (Lipinski definition) is 3. The van der Waals surface area contributed by atoms with Crippen LogP contribution in [-0.4, -0.2) is 33.4 Å². The van der Waals surface area contributed by atoms with Crippen molar-refractivity contribution in [2.45, 2.75) is 26.1 Å². The van der Waals surface area contributed by atoms with Crippen LogP contribution in [0.25, 0.3) is 0 Å². The van der Waals surface area contributed by atoms with Crippen LogP contribution < -0.4 is 5.73 Å². The smallest absolute Gasteiger partial charge is 0.239 e. The summed E-state index contributed by atoms with van der Waals surface area (Å²) < 4.78 is 2.04. The first kappa shape index (κ1) is 20.4. The molecule has 5 nitrogen and oxygen atoms in total. The van der Waals surface area contributed by atoms with Gasteiger partial charge in [0, 0.05) is 26.0 Å². The molecule has 2 N–H and O–H groups in total. The minimum Gasteiger partial charge on any atom is -0.337 e. The molecule has 1 aromatic heterocycles. The van der Waals surface area contributed by atoms with E-state index < -0.39 is 6.04 Å². The number of carbonyl (C=O) groups is 1. The summed E-state index contributed by atoms with van der Waals surface area (Å²) in [6, 6.07) is 9.67. The van der Waals surface area contributed by atoms with Crippen molar-refractivity contribution in [2.75, 3.05) is 7.05 Å². The molecule has 1 heterocycles. The summed E-state index contributed by atoms with van der Waals surface area (Å²) in [5.41, 5.74) is 6.81. The Kier molecular flexibility index (Phi) is 8.79. The molecule has 1 amide bonds. The van der Waals surface area contributed by atoms with Crippen LogP contribution >= 0.6 is 24.8 Å². The number of rotatable bonds is 5. The van der Waals surface area contributed by atoms with Crippen molar-refractivity contribution in [3.8, 4) is 0 Å². The van der Waals surface area contributed by atoms with Crippen LogP contribution in [0.4, 0.5) is 0 Å². The molecule has 0 saturated carbocycles. The molecule has 0 aliphatic heterocycles. The SMILES string of the molecule is C[C@@H](N)C(=O)N(C)Cc1nccn1Cc1ccccc1.Cl.Cl. The van der Waals surface area contributed by atoms with Gasteiger partial charge in [0.15, 0.2) is 0 Å². The van der Waals surface area contributed by atoms with Gasteiger partial charge in [-0.05, 0) is 12.5 Å². The van der Waals surface area contributed by atoms with Crippen LogP contribution in [0, 0.1) is 0 Å². The standard InChI is InChI=1S/C15H20N4O.2ClH/c1-12(16)15(20)18(2)11-14-17-8-9-19(14)10-13-6-4-3-5-7-13;;/h3-9,12H,10-11,16H2,1-2H3;2*1H/t12-;;/m1../s1. The highest BCUT2D eigenvalue weighted by atomic mass is 35.5. The molecule has 0 aliphatic rings. The van der Waals surface area contributed by atoms with Gasteiger partial charge in [0.1, 0.15) is 5.82 Å². The number of amides is 1. The van der Waals surface area contributed by atoms with Crippen molar-refractivity contribution in [1.82, 2.24) is 14.5 Å². The van der Waals surface area contributed by atoms with Crippen molar-refractivity contribution in [3.05, 3.63) is 54.1 Å². The van der Waals surface area contributed by atoms with Crippen LogP contribution in [0.3, 0.4) is 0 Å². The molecular weight excluding hydrogens is 323 g/mol. The van der Waals surface area contributed by atoms with E-state index in [9.17, 15) is 4.79 Å². The van der Waals surface area contributed by atoms with Crippen molar-refractivity contribution in [3.63, 3.8) is 0 Å². The first-order chi connectivity index (χ1) is 9.58. The average Bonchev–Trinajstić information content (AvgIpc) is 2.86. The summed E-state index contributed by atoms with van der Waals surface area (Å²) in [6.07, 6.45) is 3.68. The third-order valence-electron chi connectivity index (χ3n) is 3.14. The van der Waals surface area contributed by atoms with Gasteiger partial charge in [0.25, 0.3) is 0 Å². The second kappa shape index (κ2) is 9.46. The van der Waals surface area contributed by atoms with Gasteiger partial charge < -0.3 is 15.2 Å². The van der Waals surface area contributed by atoms with Gasteiger partial charge in [-0.25, -0.2) is 4.98 Å². The average molecular weight is 345 g/mol. The van der Waals surface area contributed by atoms with Gasteiger partial charge in [-0.1, -0.05) is 30.3 Å². The maximum absolute atomic E-state index is 11.8. The summed E-state index contributed by atoms with van der Waals surface area (Å²) in [6.45, 7) is 2.89. The number of halogens is 2. The lowest BCUT2D eigenvalue weighted by molar-refractivity contribution is -0.131. The molecule has 7 heteroatoms. The second-order valence-electron chi connectivity index (χ2n) is 4.94. The molecule has 2 aromatic rings. The van der Waals surface area contributed by atoms with E-state index >= 15 is 0 Å². The number of likely N-dealkylation sites (N-methyl/N-ethyl adjacent to an activating group) is 1. The van der Waals surface area contributed by atoms with Crippen LogP contribution in [0.1, 0.15) is 18.3 Å². The Morgan fingerprint density at radius 2 is 1.95 bits per heavy atom. The van der Waals surface area contributed by atoms with E-state index in [1.54, 1.807) is 25.1 Å². The monoisotopic (exact) mass is 344 g/mol. The van der Waals surface area contributed by atoms with Gasteiger partial charge in [-0.2, -0.15) is 0 Å². The lowest BCUT2D eigenvalue weighted by Gasteiger charge is -2.19. The molecule has 122 valence electrons. The highest BCUT2D eigenvalue weighted by Crippen LogP contribution is 2.07. The third kappa shape index (κ3) is 5.33. The molecule has 1 aromatic carbocycles. The Bertz CT molecular complexity index is 572. The molecule has 2 rings (SSSR count). The summed E-state index contributed by atoms with van der Waals surface area (Å²) in [4.78, 5) is 17.7. The van der Waals surface area contributed by atoms with Crippen LogP contribution in [0.5, 0.6) is 0 Å². The minimum absolute atomic E-state index is 0. The van der Waals surface area contributed by atoms with E-state index in [0.717, 1.165) is 12.4 Å². The van der Waals surface area contributed by atoms with Gasteiger partial charge in [-0.3, -0.25) is 4.79 Å². The minimum atomic E-state index is -0.488. The lowest BCUT2D eigenvalue weighted by Crippen LogP contribution is -2.39. The molecule has 0 radical (unpaired) electrons. The Labute approximate surface area is 143 Å². The van der Waals surface area contributed by atoms with Crippen molar-refractivity contribution < 1.29 is 4.79 Å². The molecule has 0 saturated heterocycles. The fourth-order valence-corrected chi connectivity index (χ4v) is 2.05. The molecule has 0 unspecified atom stereocenters. The van der Waals surface area contributed by atoms with E-state index in [2.05, 4.69) is 17.1 Å².